The van der Waals surface area contributed by atoms with Crippen molar-refractivity contribution in [2.75, 3.05) is 46.8 Å². The number of carbonyl (C=O) groups excluding carboxylic acids is 2. The van der Waals surface area contributed by atoms with Crippen LogP contribution in [-0.4, -0.2) is 84.4 Å². The molecule has 1 aliphatic rings. The van der Waals surface area contributed by atoms with Crippen molar-refractivity contribution in [2.24, 2.45) is 0 Å². The third kappa shape index (κ3) is 5.56. The lowest BCUT2D eigenvalue weighted by Crippen LogP contribution is -2.39. The van der Waals surface area contributed by atoms with Gasteiger partial charge in [0.2, 0.25) is 11.8 Å². The number of hydrogen-bond donors (Lipinski definition) is 1. The summed E-state index contributed by atoms with van der Waals surface area (Å²) in [5, 5.41) is 8.59. The molecule has 7 nitrogen and oxygen atoms in total. The molecule has 0 spiro atoms. The average Bonchev–Trinajstić information content (AvgIpc) is 2.61. The summed E-state index contributed by atoms with van der Waals surface area (Å²) in [4.78, 5) is 39.3. The van der Waals surface area contributed by atoms with Gasteiger partial charge in [-0.25, -0.2) is 0 Å². The maximum absolute atomic E-state index is 11.9. The SMILES string of the molecule is CN(C)C(=O)CN1CCCN(C(=O)CCC(=O)O)CC1. The minimum absolute atomic E-state index is 0.0476. The first-order valence-corrected chi connectivity index (χ1v) is 6.82. The highest BCUT2D eigenvalue weighted by Crippen LogP contribution is 2.06. The third-order valence-corrected chi connectivity index (χ3v) is 3.35. The van der Waals surface area contributed by atoms with Gasteiger partial charge in [0.25, 0.3) is 0 Å². The number of rotatable bonds is 5. The summed E-state index contributed by atoms with van der Waals surface area (Å²) in [7, 11) is 3.45. The Kier molecular flexibility index (Phi) is 6.44. The van der Waals surface area contributed by atoms with Crippen molar-refractivity contribution in [1.29, 1.82) is 0 Å². The van der Waals surface area contributed by atoms with E-state index in [4.69, 9.17) is 5.11 Å². The van der Waals surface area contributed by atoms with Crippen molar-refractivity contribution in [3.05, 3.63) is 0 Å². The fourth-order valence-electron chi connectivity index (χ4n) is 2.08. The van der Waals surface area contributed by atoms with Gasteiger partial charge in [0.15, 0.2) is 0 Å². The van der Waals surface area contributed by atoms with Crippen LogP contribution in [-0.2, 0) is 14.4 Å². The predicted molar refractivity (Wildman–Crippen MR) is 73.2 cm³/mol. The smallest absolute Gasteiger partial charge is 0.303 e. The molecule has 0 saturated carbocycles. The largest absolute Gasteiger partial charge is 0.481 e. The lowest BCUT2D eigenvalue weighted by atomic mass is 10.2. The van der Waals surface area contributed by atoms with E-state index < -0.39 is 5.97 Å². The molecule has 1 heterocycles. The first kappa shape index (κ1) is 16.4. The Bertz CT molecular complexity index is 371. The quantitative estimate of drug-likeness (QED) is 0.734. The molecule has 0 unspecified atom stereocenters. The number of nitrogens with zero attached hydrogens (tertiary/aromatic N) is 3. The number of amides is 2. The molecule has 0 radical (unpaired) electrons. The van der Waals surface area contributed by atoms with Crippen LogP contribution < -0.4 is 0 Å². The standard InChI is InChI=1S/C13H23N3O4/c1-14(2)12(18)10-15-6-3-7-16(9-8-15)11(17)4-5-13(19)20/h3-10H2,1-2H3,(H,19,20). The van der Waals surface area contributed by atoms with Crippen LogP contribution in [0.2, 0.25) is 0 Å². The molecule has 1 N–H and O–H groups in total. The number of aliphatic carboxylic acids is 1. The van der Waals surface area contributed by atoms with E-state index in [9.17, 15) is 14.4 Å². The Labute approximate surface area is 119 Å². The van der Waals surface area contributed by atoms with Gasteiger partial charge >= 0.3 is 5.97 Å². The molecule has 7 heteroatoms. The Balaban J connectivity index is 2.40. The fourth-order valence-corrected chi connectivity index (χ4v) is 2.08. The highest BCUT2D eigenvalue weighted by molar-refractivity contribution is 5.80. The second-order valence-electron chi connectivity index (χ2n) is 5.19. The zero-order valence-corrected chi connectivity index (χ0v) is 12.2. The summed E-state index contributed by atoms with van der Waals surface area (Å²) in [5.74, 6) is -1.02. The Hall–Kier alpha value is -1.63. The van der Waals surface area contributed by atoms with Gasteiger partial charge in [-0.15, -0.1) is 0 Å². The van der Waals surface area contributed by atoms with Crippen molar-refractivity contribution < 1.29 is 19.5 Å². The molecule has 0 aliphatic carbocycles. The van der Waals surface area contributed by atoms with Gasteiger partial charge in [-0.05, 0) is 6.42 Å². The predicted octanol–water partition coefficient (Wildman–Crippen LogP) is -0.526. The number of carboxylic acid groups (broad SMARTS) is 1. The van der Waals surface area contributed by atoms with Crippen LogP contribution in [0, 0.1) is 0 Å². The summed E-state index contributed by atoms with van der Waals surface area (Å²) in [5.41, 5.74) is 0. The van der Waals surface area contributed by atoms with Gasteiger partial charge in [0.1, 0.15) is 0 Å². The molecule has 1 saturated heterocycles. The molecule has 0 aromatic heterocycles. The number of carbonyl (C=O) groups is 3. The van der Waals surface area contributed by atoms with Crippen molar-refractivity contribution >= 4 is 17.8 Å². The Morgan fingerprint density at radius 3 is 2.35 bits per heavy atom. The van der Waals surface area contributed by atoms with Crippen LogP contribution in [0.3, 0.4) is 0 Å². The minimum Gasteiger partial charge on any atom is -0.481 e. The first-order valence-electron chi connectivity index (χ1n) is 6.82. The zero-order valence-electron chi connectivity index (χ0n) is 12.2. The van der Waals surface area contributed by atoms with E-state index in [0.29, 0.717) is 26.2 Å². The molecule has 1 rings (SSSR count). The van der Waals surface area contributed by atoms with E-state index in [0.717, 1.165) is 13.0 Å². The molecule has 1 fully saturated rings. The van der Waals surface area contributed by atoms with E-state index in [1.165, 1.54) is 0 Å². The monoisotopic (exact) mass is 285 g/mol. The third-order valence-electron chi connectivity index (χ3n) is 3.35. The van der Waals surface area contributed by atoms with Gasteiger partial charge in [0, 0.05) is 46.7 Å². The van der Waals surface area contributed by atoms with Crippen LogP contribution in [0.1, 0.15) is 19.3 Å². The molecular formula is C13H23N3O4. The van der Waals surface area contributed by atoms with Gasteiger partial charge in [0.05, 0.1) is 13.0 Å². The van der Waals surface area contributed by atoms with Crippen molar-refractivity contribution in [1.82, 2.24) is 14.7 Å². The van der Waals surface area contributed by atoms with Crippen LogP contribution in [0.4, 0.5) is 0 Å². The molecule has 2 amide bonds. The van der Waals surface area contributed by atoms with Crippen LogP contribution in [0.5, 0.6) is 0 Å². The lowest BCUT2D eigenvalue weighted by Gasteiger charge is -2.22. The van der Waals surface area contributed by atoms with Crippen LogP contribution in [0.25, 0.3) is 0 Å². The second kappa shape index (κ2) is 7.84. The normalized spacial score (nSPS) is 16.6. The summed E-state index contributed by atoms with van der Waals surface area (Å²) in [6.07, 6.45) is 0.726. The molecule has 0 aromatic carbocycles. The molecule has 1 aliphatic heterocycles. The summed E-state index contributed by atoms with van der Waals surface area (Å²) in [6.45, 7) is 2.98. The highest BCUT2D eigenvalue weighted by Gasteiger charge is 2.21. The second-order valence-corrected chi connectivity index (χ2v) is 5.19. The molecule has 0 bridgehead atoms. The lowest BCUT2D eigenvalue weighted by molar-refractivity contribution is -0.140. The Morgan fingerprint density at radius 2 is 1.75 bits per heavy atom. The average molecular weight is 285 g/mol. The Morgan fingerprint density at radius 1 is 1.05 bits per heavy atom. The van der Waals surface area contributed by atoms with Crippen LogP contribution in [0.15, 0.2) is 0 Å². The number of hydrogen-bond acceptors (Lipinski definition) is 4. The van der Waals surface area contributed by atoms with Crippen molar-refractivity contribution in [3.63, 3.8) is 0 Å². The van der Waals surface area contributed by atoms with Gasteiger partial charge < -0.3 is 14.9 Å². The fraction of sp³-hybridized carbons (Fsp3) is 0.769. The summed E-state index contributed by atoms with van der Waals surface area (Å²) in [6, 6.07) is 0. The molecule has 0 aromatic rings. The topological polar surface area (TPSA) is 81.2 Å². The van der Waals surface area contributed by atoms with Crippen LogP contribution >= 0.6 is 0 Å². The summed E-state index contributed by atoms with van der Waals surface area (Å²) < 4.78 is 0. The molecule has 20 heavy (non-hydrogen) atoms. The van der Waals surface area contributed by atoms with E-state index in [1.54, 1.807) is 23.9 Å². The minimum atomic E-state index is -0.952. The van der Waals surface area contributed by atoms with Crippen molar-refractivity contribution in [3.8, 4) is 0 Å². The molecule has 114 valence electrons. The van der Waals surface area contributed by atoms with Gasteiger partial charge in [-0.3, -0.25) is 19.3 Å². The van der Waals surface area contributed by atoms with Gasteiger partial charge in [-0.1, -0.05) is 0 Å². The molecule has 0 atom stereocenters. The van der Waals surface area contributed by atoms with E-state index in [1.807, 2.05) is 4.90 Å². The maximum atomic E-state index is 11.9. The van der Waals surface area contributed by atoms with E-state index in [2.05, 4.69) is 0 Å². The summed E-state index contributed by atoms with van der Waals surface area (Å²) >= 11 is 0. The first-order chi connectivity index (χ1) is 9.40. The maximum Gasteiger partial charge on any atom is 0.303 e. The number of likely N-dealkylation sites (N-methyl/N-ethyl adjacent to an activating group) is 1. The zero-order chi connectivity index (χ0) is 15.1. The molecular weight excluding hydrogens is 262 g/mol. The van der Waals surface area contributed by atoms with Gasteiger partial charge in [-0.2, -0.15) is 0 Å². The van der Waals surface area contributed by atoms with E-state index in [-0.39, 0.29) is 24.7 Å². The number of carboxylic acids is 1. The highest BCUT2D eigenvalue weighted by atomic mass is 16.4. The van der Waals surface area contributed by atoms with Crippen molar-refractivity contribution in [2.45, 2.75) is 19.3 Å². The van der Waals surface area contributed by atoms with E-state index >= 15 is 0 Å².